The number of hydrogen-bond acceptors (Lipinski definition) is 0. The van der Waals surface area contributed by atoms with Gasteiger partial charge in [-0.1, -0.05) is 119 Å². The van der Waals surface area contributed by atoms with Crippen LogP contribution in [-0.4, -0.2) is 8.07 Å². The maximum atomic E-state index is 2.50. The van der Waals surface area contributed by atoms with Crippen LogP contribution in [0.25, 0.3) is 0 Å². The van der Waals surface area contributed by atoms with Gasteiger partial charge in [-0.3, -0.25) is 0 Å². The molecule has 0 spiro atoms. The predicted octanol–water partition coefficient (Wildman–Crippen LogP) is 6.28. The van der Waals surface area contributed by atoms with Crippen LogP contribution in [0.2, 0.25) is 5.54 Å². The second-order valence-corrected chi connectivity index (χ2v) is 13.9. The zero-order chi connectivity index (χ0) is 23.0. The van der Waals surface area contributed by atoms with Crippen LogP contribution in [0.1, 0.15) is 46.7 Å². The molecule has 1 aliphatic rings. The van der Waals surface area contributed by atoms with E-state index in [2.05, 4.69) is 121 Å². The van der Waals surface area contributed by atoms with Gasteiger partial charge in [0.2, 0.25) is 0 Å². The lowest BCUT2D eigenvalue weighted by molar-refractivity contribution is 1.03. The lowest BCUT2D eigenvalue weighted by Gasteiger charge is -2.41. The molecule has 1 heteroatoms. The zero-order valence-electron chi connectivity index (χ0n) is 20.7. The summed E-state index contributed by atoms with van der Waals surface area (Å²) < 4.78 is 0. The van der Waals surface area contributed by atoms with Gasteiger partial charge in [-0.25, -0.2) is 0 Å². The molecule has 3 aromatic rings. The van der Waals surface area contributed by atoms with Gasteiger partial charge in [0.15, 0.2) is 8.07 Å². The fourth-order valence-electron chi connectivity index (χ4n) is 5.92. The summed E-state index contributed by atoms with van der Waals surface area (Å²) in [6.07, 6.45) is 8.27. The van der Waals surface area contributed by atoms with E-state index < -0.39 is 8.07 Å². The number of allylic oxidation sites excluding steroid dienone is 4. The van der Waals surface area contributed by atoms with E-state index in [1.807, 2.05) is 0 Å². The van der Waals surface area contributed by atoms with E-state index in [1.165, 1.54) is 48.9 Å². The van der Waals surface area contributed by atoms with Crippen LogP contribution in [0.3, 0.4) is 0 Å². The first kappa shape index (κ1) is 22.5. The topological polar surface area (TPSA) is 0 Å². The summed E-state index contributed by atoms with van der Waals surface area (Å²) in [7, 11) is -2.42. The third kappa shape index (κ3) is 3.95. The summed E-state index contributed by atoms with van der Waals surface area (Å²) in [6.45, 7) is 15.8. The minimum absolute atomic E-state index is 0.427. The van der Waals surface area contributed by atoms with E-state index in [0.717, 1.165) is 6.42 Å². The molecule has 0 aliphatic heterocycles. The van der Waals surface area contributed by atoms with Crippen molar-refractivity contribution in [2.75, 3.05) is 0 Å². The van der Waals surface area contributed by atoms with Crippen LogP contribution in [0.5, 0.6) is 0 Å². The Morgan fingerprint density at radius 3 is 1.22 bits per heavy atom. The maximum absolute atomic E-state index is 2.50. The molecule has 0 saturated heterocycles. The van der Waals surface area contributed by atoms with Crippen LogP contribution in [0, 0.1) is 41.5 Å². The predicted molar refractivity (Wildman–Crippen MR) is 144 cm³/mol. The molecule has 0 aromatic heterocycles. The molecule has 1 atom stereocenters. The van der Waals surface area contributed by atoms with E-state index in [4.69, 9.17) is 0 Å². The maximum Gasteiger partial charge on any atom is 0.159 e. The average Bonchev–Trinajstić information content (AvgIpc) is 3.15. The van der Waals surface area contributed by atoms with Crippen molar-refractivity contribution >= 4 is 23.6 Å². The minimum Gasteiger partial charge on any atom is -0.0790 e. The number of rotatable bonds is 5. The summed E-state index contributed by atoms with van der Waals surface area (Å²) in [5.41, 5.74) is 10.1. The summed E-state index contributed by atoms with van der Waals surface area (Å²) in [5, 5.41) is 4.59. The van der Waals surface area contributed by atoms with Crippen LogP contribution in [0.15, 0.2) is 78.4 Å². The van der Waals surface area contributed by atoms with Crippen molar-refractivity contribution in [1.29, 1.82) is 0 Å². The van der Waals surface area contributed by atoms with Crippen LogP contribution in [0.4, 0.5) is 0 Å². The molecule has 0 N–H and O–H groups in total. The van der Waals surface area contributed by atoms with E-state index in [9.17, 15) is 0 Å². The van der Waals surface area contributed by atoms with E-state index in [1.54, 1.807) is 5.57 Å². The molecule has 0 amide bonds. The highest BCUT2D eigenvalue weighted by molar-refractivity contribution is 7.13. The van der Waals surface area contributed by atoms with Gasteiger partial charge in [-0.15, -0.1) is 0 Å². The minimum atomic E-state index is -2.42. The van der Waals surface area contributed by atoms with E-state index >= 15 is 0 Å². The van der Waals surface area contributed by atoms with Gasteiger partial charge in [0.05, 0.1) is 0 Å². The second-order valence-electron chi connectivity index (χ2n) is 9.89. The van der Waals surface area contributed by atoms with Gasteiger partial charge < -0.3 is 0 Å². The van der Waals surface area contributed by atoms with Crippen molar-refractivity contribution < 1.29 is 0 Å². The Hall–Kier alpha value is -2.64. The Bertz CT molecular complexity index is 1040. The van der Waals surface area contributed by atoms with Crippen molar-refractivity contribution in [2.45, 2.75) is 60.4 Å². The molecule has 4 rings (SSSR count). The smallest absolute Gasteiger partial charge is 0.0790 e. The highest BCUT2D eigenvalue weighted by atomic mass is 28.3. The Morgan fingerprint density at radius 1 is 0.562 bits per heavy atom. The van der Waals surface area contributed by atoms with Gasteiger partial charge in [-0.2, -0.15) is 0 Å². The number of benzene rings is 3. The molecule has 0 bridgehead atoms. The second kappa shape index (κ2) is 8.71. The Labute approximate surface area is 195 Å². The van der Waals surface area contributed by atoms with Crippen LogP contribution in [-0.2, 0) is 0 Å². The van der Waals surface area contributed by atoms with Gasteiger partial charge in [0.25, 0.3) is 0 Å². The van der Waals surface area contributed by atoms with Gasteiger partial charge in [-0.05, 0) is 63.5 Å². The third-order valence-corrected chi connectivity index (χ3v) is 12.0. The van der Waals surface area contributed by atoms with Crippen molar-refractivity contribution in [1.82, 2.24) is 0 Å². The molecule has 0 nitrogen and oxygen atoms in total. The lowest BCUT2D eigenvalue weighted by atomic mass is 10.1. The fourth-order valence-corrected chi connectivity index (χ4v) is 12.0. The van der Waals surface area contributed by atoms with E-state index in [0.29, 0.717) is 5.54 Å². The highest BCUT2D eigenvalue weighted by Crippen LogP contribution is 2.37. The molecule has 0 heterocycles. The molecule has 164 valence electrons. The fraction of sp³-hybridized carbons (Fsp3) is 0.290. The first-order chi connectivity index (χ1) is 15.2. The summed E-state index contributed by atoms with van der Waals surface area (Å²) in [4.78, 5) is 0. The number of hydrogen-bond donors (Lipinski definition) is 0. The Kier molecular flexibility index (Phi) is 6.14. The van der Waals surface area contributed by atoms with E-state index in [-0.39, 0.29) is 0 Å². The first-order valence-corrected chi connectivity index (χ1v) is 14.0. The largest absolute Gasteiger partial charge is 0.159 e. The molecule has 0 radical (unpaired) electrons. The highest BCUT2D eigenvalue weighted by Gasteiger charge is 2.47. The lowest BCUT2D eigenvalue weighted by Crippen LogP contribution is -2.70. The monoisotopic (exact) mass is 436 g/mol. The van der Waals surface area contributed by atoms with Crippen LogP contribution >= 0.6 is 0 Å². The van der Waals surface area contributed by atoms with Crippen molar-refractivity contribution in [3.05, 3.63) is 112 Å². The van der Waals surface area contributed by atoms with Crippen LogP contribution < -0.4 is 15.6 Å². The zero-order valence-corrected chi connectivity index (χ0v) is 21.7. The van der Waals surface area contributed by atoms with Crippen molar-refractivity contribution in [3.8, 4) is 0 Å². The molecule has 32 heavy (non-hydrogen) atoms. The molecule has 1 aliphatic carbocycles. The SMILES string of the molecule is CCC1=CC=CC1[Si](c1cc(C)cc(C)c1)(c1cc(C)cc(C)c1)c1cc(C)cc(C)c1. The Balaban J connectivity index is 2.20. The first-order valence-electron chi connectivity index (χ1n) is 11.9. The van der Waals surface area contributed by atoms with Crippen molar-refractivity contribution in [3.63, 3.8) is 0 Å². The summed E-state index contributed by atoms with van der Waals surface area (Å²) in [5.74, 6) is 0. The van der Waals surface area contributed by atoms with Crippen molar-refractivity contribution in [2.24, 2.45) is 0 Å². The standard InChI is InChI=1S/C31H36Si/c1-8-27-10-9-11-31(27)32(28-15-21(2)12-22(3)16-28,29-17-23(4)13-24(5)18-29)30-19-25(6)14-26(7)20-30/h9-20,31H,8H2,1-7H3. The molecule has 3 aromatic carbocycles. The van der Waals surface area contributed by atoms with Gasteiger partial charge in [0, 0.05) is 5.54 Å². The average molecular weight is 437 g/mol. The molecule has 0 fully saturated rings. The van der Waals surface area contributed by atoms with Gasteiger partial charge in [0.1, 0.15) is 0 Å². The molecular weight excluding hydrogens is 400 g/mol. The summed E-state index contributed by atoms with van der Waals surface area (Å²) in [6, 6.07) is 21.8. The molecule has 1 unspecified atom stereocenters. The molecular formula is C31H36Si. The summed E-state index contributed by atoms with van der Waals surface area (Å²) >= 11 is 0. The Morgan fingerprint density at radius 2 is 0.906 bits per heavy atom. The van der Waals surface area contributed by atoms with Gasteiger partial charge >= 0.3 is 0 Å². The number of aryl methyl sites for hydroxylation is 6. The third-order valence-electron chi connectivity index (χ3n) is 6.92. The normalized spacial score (nSPS) is 15.8. The molecule has 0 saturated carbocycles. The quantitative estimate of drug-likeness (QED) is 0.326.